The summed E-state index contributed by atoms with van der Waals surface area (Å²) >= 11 is 0. The van der Waals surface area contributed by atoms with Gasteiger partial charge in [-0.3, -0.25) is 4.79 Å². The van der Waals surface area contributed by atoms with Crippen molar-refractivity contribution in [3.05, 3.63) is 0 Å². The largest absolute Gasteiger partial charge is 0.461 e. The van der Waals surface area contributed by atoms with Crippen LogP contribution in [0.3, 0.4) is 0 Å². The van der Waals surface area contributed by atoms with E-state index < -0.39 is 5.41 Å². The van der Waals surface area contributed by atoms with Gasteiger partial charge < -0.3 is 9.84 Å². The molecule has 0 aromatic rings. The number of aliphatic hydroxyl groups is 1. The Hall–Kier alpha value is -0.570. The highest BCUT2D eigenvalue weighted by atomic mass is 16.5. The van der Waals surface area contributed by atoms with E-state index >= 15 is 0 Å². The molecule has 0 heterocycles. The summed E-state index contributed by atoms with van der Waals surface area (Å²) in [6.07, 6.45) is -0.239. The summed E-state index contributed by atoms with van der Waals surface area (Å²) in [7, 11) is 0. The number of rotatable bonds is 5. The summed E-state index contributed by atoms with van der Waals surface area (Å²) in [5, 5.41) is 9.27. The highest BCUT2D eigenvalue weighted by Crippen LogP contribution is 2.29. The van der Waals surface area contributed by atoms with Crippen LogP contribution in [0.1, 0.15) is 41.5 Å². The molecule has 0 saturated carbocycles. The van der Waals surface area contributed by atoms with E-state index in [2.05, 4.69) is 0 Å². The minimum atomic E-state index is -0.390. The fourth-order valence-electron chi connectivity index (χ4n) is 1.55. The van der Waals surface area contributed by atoms with E-state index in [1.807, 2.05) is 41.5 Å². The van der Waals surface area contributed by atoms with Gasteiger partial charge in [0.1, 0.15) is 6.10 Å². The van der Waals surface area contributed by atoms with Gasteiger partial charge in [0, 0.05) is 5.41 Å². The molecule has 1 N–H and O–H groups in total. The molecule has 3 nitrogen and oxygen atoms in total. The predicted octanol–water partition coefficient (Wildman–Crippen LogP) is 2.23. The lowest BCUT2D eigenvalue weighted by atomic mass is 9.81. The van der Waals surface area contributed by atoms with Gasteiger partial charge in [0.05, 0.1) is 12.5 Å². The van der Waals surface area contributed by atoms with Gasteiger partial charge in [-0.15, -0.1) is 0 Å². The van der Waals surface area contributed by atoms with E-state index in [1.165, 1.54) is 0 Å². The number of aliphatic hydroxyl groups excluding tert-OH is 1. The maximum Gasteiger partial charge on any atom is 0.308 e. The normalized spacial score (nSPS) is 14.5. The van der Waals surface area contributed by atoms with Crippen molar-refractivity contribution in [1.29, 1.82) is 0 Å². The summed E-state index contributed by atoms with van der Waals surface area (Å²) in [6, 6.07) is 0. The van der Waals surface area contributed by atoms with Gasteiger partial charge in [-0.1, -0.05) is 41.5 Å². The number of hydrogen-bond acceptors (Lipinski definition) is 3. The van der Waals surface area contributed by atoms with Crippen molar-refractivity contribution >= 4 is 5.97 Å². The molecule has 0 bridgehead atoms. The zero-order valence-corrected chi connectivity index (χ0v) is 10.7. The van der Waals surface area contributed by atoms with E-state index in [0.717, 1.165) is 0 Å². The molecule has 90 valence electrons. The molecule has 0 aliphatic rings. The Morgan fingerprint density at radius 1 is 1.27 bits per heavy atom. The molecular weight excluding hydrogens is 192 g/mol. The van der Waals surface area contributed by atoms with Crippen molar-refractivity contribution in [3.63, 3.8) is 0 Å². The molecule has 15 heavy (non-hydrogen) atoms. The average molecular weight is 216 g/mol. The molecular formula is C12H24O3. The SMILES string of the molecule is CC(C)C(=O)OC(C(C)C)C(C)(C)CO. The van der Waals surface area contributed by atoms with Crippen molar-refractivity contribution in [3.8, 4) is 0 Å². The monoisotopic (exact) mass is 216 g/mol. The lowest BCUT2D eigenvalue weighted by Crippen LogP contribution is -2.41. The van der Waals surface area contributed by atoms with Crippen LogP contribution >= 0.6 is 0 Å². The van der Waals surface area contributed by atoms with Gasteiger partial charge in [-0.25, -0.2) is 0 Å². The average Bonchev–Trinajstić information content (AvgIpc) is 2.12. The predicted molar refractivity (Wildman–Crippen MR) is 60.4 cm³/mol. The van der Waals surface area contributed by atoms with Crippen LogP contribution in [-0.4, -0.2) is 23.8 Å². The zero-order chi connectivity index (χ0) is 12.2. The number of carbonyl (C=O) groups excluding carboxylic acids is 1. The van der Waals surface area contributed by atoms with Crippen LogP contribution in [0.5, 0.6) is 0 Å². The number of carbonyl (C=O) groups is 1. The molecule has 0 aliphatic heterocycles. The zero-order valence-electron chi connectivity index (χ0n) is 10.7. The van der Waals surface area contributed by atoms with Gasteiger partial charge in [0.25, 0.3) is 0 Å². The summed E-state index contributed by atoms with van der Waals surface area (Å²) < 4.78 is 5.43. The fraction of sp³-hybridized carbons (Fsp3) is 0.917. The van der Waals surface area contributed by atoms with Crippen LogP contribution in [-0.2, 0) is 9.53 Å². The fourth-order valence-corrected chi connectivity index (χ4v) is 1.55. The van der Waals surface area contributed by atoms with Crippen LogP contribution in [0.2, 0.25) is 0 Å². The van der Waals surface area contributed by atoms with E-state index in [-0.39, 0.29) is 30.5 Å². The lowest BCUT2D eigenvalue weighted by molar-refractivity contribution is -0.164. The maximum absolute atomic E-state index is 11.5. The Morgan fingerprint density at radius 2 is 1.73 bits per heavy atom. The van der Waals surface area contributed by atoms with Crippen LogP contribution < -0.4 is 0 Å². The molecule has 0 saturated heterocycles. The molecule has 1 atom stereocenters. The van der Waals surface area contributed by atoms with Crippen molar-refractivity contribution in [2.24, 2.45) is 17.3 Å². The molecule has 0 aliphatic carbocycles. The van der Waals surface area contributed by atoms with Crippen molar-refractivity contribution in [1.82, 2.24) is 0 Å². The minimum Gasteiger partial charge on any atom is -0.461 e. The second-order valence-electron chi connectivity index (χ2n) is 5.40. The Labute approximate surface area is 92.8 Å². The Balaban J connectivity index is 4.63. The van der Waals surface area contributed by atoms with Gasteiger partial charge in [-0.2, -0.15) is 0 Å². The molecule has 1 unspecified atom stereocenters. The number of esters is 1. The number of ether oxygens (including phenoxy) is 1. The first-order chi connectivity index (χ1) is 6.72. The third kappa shape index (κ3) is 4.20. The summed E-state index contributed by atoms with van der Waals surface area (Å²) in [5.74, 6) is -0.120. The van der Waals surface area contributed by atoms with Gasteiger partial charge in [0.15, 0.2) is 0 Å². The topological polar surface area (TPSA) is 46.5 Å². The summed E-state index contributed by atoms with van der Waals surface area (Å²) in [4.78, 5) is 11.5. The quantitative estimate of drug-likeness (QED) is 0.717. The maximum atomic E-state index is 11.5. The molecule has 0 aromatic carbocycles. The van der Waals surface area contributed by atoms with Crippen molar-refractivity contribution in [2.45, 2.75) is 47.6 Å². The highest BCUT2D eigenvalue weighted by Gasteiger charge is 2.35. The van der Waals surface area contributed by atoms with Gasteiger partial charge in [0.2, 0.25) is 0 Å². The van der Waals surface area contributed by atoms with Crippen LogP contribution in [0.25, 0.3) is 0 Å². The van der Waals surface area contributed by atoms with Crippen LogP contribution in [0.15, 0.2) is 0 Å². The number of hydrogen-bond donors (Lipinski definition) is 1. The molecule has 3 heteroatoms. The van der Waals surface area contributed by atoms with Crippen molar-refractivity contribution < 1.29 is 14.6 Å². The summed E-state index contributed by atoms with van der Waals surface area (Å²) in [5.41, 5.74) is -0.390. The van der Waals surface area contributed by atoms with Gasteiger partial charge >= 0.3 is 5.97 Å². The molecule has 0 amide bonds. The first-order valence-electron chi connectivity index (χ1n) is 5.53. The van der Waals surface area contributed by atoms with Crippen molar-refractivity contribution in [2.75, 3.05) is 6.61 Å². The molecule has 0 radical (unpaired) electrons. The van der Waals surface area contributed by atoms with E-state index in [1.54, 1.807) is 0 Å². The van der Waals surface area contributed by atoms with E-state index in [0.29, 0.717) is 0 Å². The third-order valence-corrected chi connectivity index (χ3v) is 2.50. The smallest absolute Gasteiger partial charge is 0.308 e. The Morgan fingerprint density at radius 3 is 2.00 bits per heavy atom. The Kier molecular flexibility index (Phi) is 5.29. The second-order valence-corrected chi connectivity index (χ2v) is 5.40. The standard InChI is InChI=1S/C12H24O3/c1-8(2)10(12(5,6)7-13)15-11(14)9(3)4/h8-10,13H,7H2,1-6H3. The summed E-state index contributed by atoms with van der Waals surface area (Å²) in [6.45, 7) is 11.4. The molecule has 0 aromatic heterocycles. The van der Waals surface area contributed by atoms with Crippen LogP contribution in [0, 0.1) is 17.3 Å². The third-order valence-electron chi connectivity index (χ3n) is 2.50. The lowest BCUT2D eigenvalue weighted by Gasteiger charge is -2.35. The Bertz CT molecular complexity index is 207. The molecule has 0 rings (SSSR count). The minimum absolute atomic E-state index is 0.0151. The first-order valence-corrected chi connectivity index (χ1v) is 5.53. The van der Waals surface area contributed by atoms with E-state index in [9.17, 15) is 9.90 Å². The van der Waals surface area contributed by atoms with Gasteiger partial charge in [-0.05, 0) is 5.92 Å². The first kappa shape index (κ1) is 14.4. The highest BCUT2D eigenvalue weighted by molar-refractivity contribution is 5.71. The van der Waals surface area contributed by atoms with Crippen LogP contribution in [0.4, 0.5) is 0 Å². The second kappa shape index (κ2) is 5.50. The molecule has 0 spiro atoms. The van der Waals surface area contributed by atoms with E-state index in [4.69, 9.17) is 4.74 Å². The molecule has 0 fully saturated rings.